The smallest absolute Gasteiger partial charge is 0.142 e. The summed E-state index contributed by atoms with van der Waals surface area (Å²) in [5.41, 5.74) is 5.13. The van der Waals surface area contributed by atoms with Gasteiger partial charge in [0.05, 0.1) is 0 Å². The Kier molecular flexibility index (Phi) is 4.57. The predicted molar refractivity (Wildman–Crippen MR) is 126 cm³/mol. The molecule has 3 aromatic rings. The summed E-state index contributed by atoms with van der Waals surface area (Å²) in [5.74, 6) is 0.274. The van der Waals surface area contributed by atoms with E-state index in [1.165, 1.54) is 5.56 Å². The molecule has 0 spiro atoms. The highest BCUT2D eigenvalue weighted by atomic mass is 127. The van der Waals surface area contributed by atoms with Crippen molar-refractivity contribution >= 4 is 38.5 Å². The molecule has 1 N–H and O–H groups in total. The molecule has 0 amide bonds. The Labute approximate surface area is 187 Å². The molecule has 2 atom stereocenters. The summed E-state index contributed by atoms with van der Waals surface area (Å²) in [6, 6.07) is 20.8. The third kappa shape index (κ3) is 2.67. The maximum atomic E-state index is 12.3. The molecule has 2 aliphatic carbocycles. The quantitative estimate of drug-likeness (QED) is 0.350. The number of benzene rings is 3. The van der Waals surface area contributed by atoms with Gasteiger partial charge in [-0.05, 0) is 79.3 Å². The van der Waals surface area contributed by atoms with Crippen LogP contribution in [0.3, 0.4) is 0 Å². The lowest BCUT2D eigenvalue weighted by Gasteiger charge is -2.31. The summed E-state index contributed by atoms with van der Waals surface area (Å²) < 4.78 is 2.15. The molecule has 0 fully saturated rings. The fraction of sp³-hybridized carbons (Fsp3) is 0.120. The first-order valence-corrected chi connectivity index (χ1v) is 11.2. The Morgan fingerprint density at radius 2 is 1.64 bits per heavy atom. The fourth-order valence-electron chi connectivity index (χ4n) is 4.50. The summed E-state index contributed by atoms with van der Waals surface area (Å²) in [6.45, 7) is 0. The average Bonchev–Trinajstić information content (AvgIpc) is 2.98. The van der Waals surface area contributed by atoms with Crippen LogP contribution in [0.5, 0.6) is 0 Å². The van der Waals surface area contributed by atoms with Gasteiger partial charge in [0.25, 0.3) is 0 Å². The van der Waals surface area contributed by atoms with Crippen LogP contribution in [0.15, 0.2) is 89.4 Å². The monoisotopic (exact) mass is 540 g/mol. The highest BCUT2D eigenvalue weighted by molar-refractivity contribution is 14.1. The van der Waals surface area contributed by atoms with Gasteiger partial charge in [0.1, 0.15) is 5.60 Å². The van der Waals surface area contributed by atoms with E-state index in [4.69, 9.17) is 0 Å². The summed E-state index contributed by atoms with van der Waals surface area (Å²) in [5, 5.41) is 12.3. The van der Waals surface area contributed by atoms with E-state index in [0.717, 1.165) is 42.3 Å². The minimum atomic E-state index is -1.15. The van der Waals surface area contributed by atoms with E-state index in [-0.39, 0.29) is 5.92 Å². The number of allylic oxidation sites excluding steroid dienone is 4. The number of aliphatic hydroxyl groups is 1. The third-order valence-corrected chi connectivity index (χ3v) is 8.08. The van der Waals surface area contributed by atoms with Gasteiger partial charge in [0.2, 0.25) is 0 Å². The molecule has 0 heterocycles. The number of rotatable bonds is 2. The Morgan fingerprint density at radius 3 is 2.43 bits per heavy atom. The first kappa shape index (κ1) is 18.3. The van der Waals surface area contributed by atoms with E-state index < -0.39 is 5.60 Å². The second-order valence-corrected chi connectivity index (χ2v) is 9.33. The molecular weight excluding hydrogens is 523 g/mol. The van der Waals surface area contributed by atoms with Crippen LogP contribution in [0, 0.1) is 3.57 Å². The Hall–Kier alpha value is -1.69. The van der Waals surface area contributed by atoms with Crippen LogP contribution in [0.2, 0.25) is 0 Å². The Balaban J connectivity index is 1.81. The van der Waals surface area contributed by atoms with Crippen LogP contribution >= 0.6 is 38.5 Å². The maximum absolute atomic E-state index is 12.3. The van der Waals surface area contributed by atoms with Crippen molar-refractivity contribution in [1.82, 2.24) is 0 Å². The molecule has 0 bridgehead atoms. The van der Waals surface area contributed by atoms with Gasteiger partial charge in [-0.3, -0.25) is 0 Å². The molecule has 3 heteroatoms. The molecule has 0 aromatic heterocycles. The molecular formula is C25H18BrIO. The molecule has 0 aliphatic heterocycles. The lowest BCUT2D eigenvalue weighted by atomic mass is 9.77. The largest absolute Gasteiger partial charge is 0.376 e. The van der Waals surface area contributed by atoms with Crippen molar-refractivity contribution in [2.45, 2.75) is 17.9 Å². The van der Waals surface area contributed by atoms with E-state index in [1.54, 1.807) is 0 Å². The Bertz CT molecular complexity index is 1150. The van der Waals surface area contributed by atoms with E-state index in [1.807, 2.05) is 18.2 Å². The van der Waals surface area contributed by atoms with Gasteiger partial charge in [-0.15, -0.1) is 0 Å². The molecule has 28 heavy (non-hydrogen) atoms. The number of halogens is 2. The van der Waals surface area contributed by atoms with Crippen LogP contribution in [0.25, 0.3) is 11.1 Å². The molecule has 0 radical (unpaired) electrons. The van der Waals surface area contributed by atoms with Crippen molar-refractivity contribution in [2.75, 3.05) is 0 Å². The third-order valence-electron chi connectivity index (χ3n) is 5.79. The highest BCUT2D eigenvalue weighted by Gasteiger charge is 2.45. The first-order chi connectivity index (χ1) is 13.6. The van der Waals surface area contributed by atoms with Crippen LogP contribution in [-0.4, -0.2) is 5.11 Å². The topological polar surface area (TPSA) is 20.2 Å². The zero-order chi connectivity index (χ0) is 19.3. The molecule has 138 valence electrons. The number of fused-ring (bicyclic) bond motifs is 3. The molecule has 0 saturated heterocycles. The number of hydrogen-bond donors (Lipinski definition) is 1. The average molecular weight is 541 g/mol. The van der Waals surface area contributed by atoms with E-state index >= 15 is 0 Å². The second-order valence-electron chi connectivity index (χ2n) is 7.31. The molecule has 2 unspecified atom stereocenters. The zero-order valence-corrected chi connectivity index (χ0v) is 18.8. The van der Waals surface area contributed by atoms with Crippen LogP contribution < -0.4 is 0 Å². The van der Waals surface area contributed by atoms with Crippen molar-refractivity contribution in [3.05, 3.63) is 115 Å². The summed E-state index contributed by atoms with van der Waals surface area (Å²) >= 11 is 5.99. The van der Waals surface area contributed by atoms with Crippen LogP contribution in [0.1, 0.15) is 34.6 Å². The highest BCUT2D eigenvalue weighted by Crippen LogP contribution is 2.53. The molecule has 2 aliphatic rings. The van der Waals surface area contributed by atoms with E-state index in [2.05, 4.69) is 105 Å². The van der Waals surface area contributed by atoms with Crippen molar-refractivity contribution in [3.63, 3.8) is 0 Å². The maximum Gasteiger partial charge on any atom is 0.142 e. The lowest BCUT2D eigenvalue weighted by Crippen LogP contribution is -2.28. The summed E-state index contributed by atoms with van der Waals surface area (Å²) in [6.07, 6.45) is 9.58. The molecule has 0 saturated carbocycles. The van der Waals surface area contributed by atoms with Gasteiger partial charge in [-0.2, -0.15) is 0 Å². The van der Waals surface area contributed by atoms with Crippen LogP contribution in [0.4, 0.5) is 0 Å². The van der Waals surface area contributed by atoms with Gasteiger partial charge < -0.3 is 5.11 Å². The second kappa shape index (κ2) is 6.97. The number of hydrogen-bond acceptors (Lipinski definition) is 1. The molecule has 5 rings (SSSR count). The van der Waals surface area contributed by atoms with Gasteiger partial charge in [-0.1, -0.05) is 72.8 Å². The van der Waals surface area contributed by atoms with Gasteiger partial charge >= 0.3 is 0 Å². The van der Waals surface area contributed by atoms with Gasteiger partial charge in [-0.25, -0.2) is 0 Å². The minimum absolute atomic E-state index is 0.274. The SMILES string of the molecule is OC1(c2ccccc2C2C=CC=CC2)c2ccccc2-c2cc(Br)c(I)cc21. The van der Waals surface area contributed by atoms with Crippen molar-refractivity contribution < 1.29 is 5.11 Å². The van der Waals surface area contributed by atoms with E-state index in [9.17, 15) is 5.11 Å². The first-order valence-electron chi connectivity index (χ1n) is 9.35. The lowest BCUT2D eigenvalue weighted by molar-refractivity contribution is 0.129. The fourth-order valence-corrected chi connectivity index (χ4v) is 5.31. The summed E-state index contributed by atoms with van der Waals surface area (Å²) in [4.78, 5) is 0. The van der Waals surface area contributed by atoms with E-state index in [0.29, 0.717) is 0 Å². The van der Waals surface area contributed by atoms with Gasteiger partial charge in [0, 0.05) is 25.1 Å². The molecule has 1 nitrogen and oxygen atoms in total. The van der Waals surface area contributed by atoms with Crippen molar-refractivity contribution in [1.29, 1.82) is 0 Å². The van der Waals surface area contributed by atoms with Crippen LogP contribution in [-0.2, 0) is 5.60 Å². The zero-order valence-electron chi connectivity index (χ0n) is 15.1. The standard InChI is InChI=1S/C25H18BrIO/c26-23-14-19-18-11-5-7-13-21(18)25(28,22(19)15-24(23)27)20-12-6-4-10-17(20)16-8-2-1-3-9-16/h1-8,10-16,28H,9H2. The molecule has 3 aromatic carbocycles. The van der Waals surface area contributed by atoms with Crippen molar-refractivity contribution in [2.24, 2.45) is 0 Å². The minimum Gasteiger partial charge on any atom is -0.376 e. The van der Waals surface area contributed by atoms with Gasteiger partial charge in [0.15, 0.2) is 0 Å². The normalized spacial score (nSPS) is 22.2. The Morgan fingerprint density at radius 1 is 0.893 bits per heavy atom. The summed E-state index contributed by atoms with van der Waals surface area (Å²) in [7, 11) is 0. The predicted octanol–water partition coefficient (Wildman–Crippen LogP) is 6.92. The van der Waals surface area contributed by atoms with Crippen molar-refractivity contribution in [3.8, 4) is 11.1 Å².